The molecule has 1 saturated carbocycles. The van der Waals surface area contributed by atoms with Gasteiger partial charge in [-0.15, -0.1) is 0 Å². The van der Waals surface area contributed by atoms with E-state index in [1.165, 1.54) is 11.1 Å². The number of hydrogen-bond donors (Lipinski definition) is 0. The highest BCUT2D eigenvalue weighted by molar-refractivity contribution is 5.82. The van der Waals surface area contributed by atoms with E-state index >= 15 is 0 Å². The van der Waals surface area contributed by atoms with Gasteiger partial charge in [0, 0.05) is 5.92 Å². The summed E-state index contributed by atoms with van der Waals surface area (Å²) in [4.78, 5) is 11.1. The number of rotatable bonds is 3. The van der Waals surface area contributed by atoms with E-state index in [0.717, 1.165) is 12.8 Å². The summed E-state index contributed by atoms with van der Waals surface area (Å²) in [5, 5.41) is 0. The maximum Gasteiger partial charge on any atom is 0.133 e. The molecule has 14 heavy (non-hydrogen) atoms. The van der Waals surface area contributed by atoms with Crippen LogP contribution in [-0.2, 0) is 11.2 Å². The van der Waals surface area contributed by atoms with Crippen molar-refractivity contribution in [3.63, 3.8) is 0 Å². The predicted octanol–water partition coefficient (Wildman–Crippen LogP) is 2.94. The first kappa shape index (κ1) is 9.45. The Hall–Kier alpha value is -1.11. The van der Waals surface area contributed by atoms with Gasteiger partial charge in [0.2, 0.25) is 0 Å². The summed E-state index contributed by atoms with van der Waals surface area (Å²) in [5.74, 6) is 1.16. The maximum atomic E-state index is 11.1. The Morgan fingerprint density at radius 3 is 2.43 bits per heavy atom. The van der Waals surface area contributed by atoms with Crippen molar-refractivity contribution in [3.05, 3.63) is 35.4 Å². The molecular formula is C13H16O. The molecular weight excluding hydrogens is 172 g/mol. The van der Waals surface area contributed by atoms with Crippen molar-refractivity contribution in [2.75, 3.05) is 0 Å². The van der Waals surface area contributed by atoms with Crippen molar-refractivity contribution >= 4 is 5.78 Å². The smallest absolute Gasteiger partial charge is 0.133 e. The van der Waals surface area contributed by atoms with E-state index in [1.807, 2.05) is 0 Å². The zero-order valence-corrected chi connectivity index (χ0v) is 8.79. The van der Waals surface area contributed by atoms with E-state index in [-0.39, 0.29) is 0 Å². The molecule has 2 unspecified atom stereocenters. The molecule has 0 heterocycles. The summed E-state index contributed by atoms with van der Waals surface area (Å²) in [6.45, 7) is 3.86. The molecule has 1 aliphatic rings. The standard InChI is InChI=1S/C13H16O/c1-3-10-4-6-11(7-5-10)13-8-12(13)9(2)14/h4-7,12-13H,3,8H2,1-2H3. The minimum absolute atomic E-state index is 0.308. The molecule has 0 radical (unpaired) electrons. The minimum atomic E-state index is 0.308. The summed E-state index contributed by atoms with van der Waals surface area (Å²) in [7, 11) is 0. The Balaban J connectivity index is 2.08. The summed E-state index contributed by atoms with van der Waals surface area (Å²) in [6, 6.07) is 8.69. The summed E-state index contributed by atoms with van der Waals surface area (Å²) >= 11 is 0. The average Bonchev–Trinajstić information content (AvgIpc) is 2.97. The first-order valence-corrected chi connectivity index (χ1v) is 5.31. The Kier molecular flexibility index (Phi) is 2.40. The second kappa shape index (κ2) is 3.56. The van der Waals surface area contributed by atoms with Gasteiger partial charge in [-0.2, -0.15) is 0 Å². The lowest BCUT2D eigenvalue weighted by Crippen LogP contribution is -1.94. The van der Waals surface area contributed by atoms with Crippen LogP contribution in [0.3, 0.4) is 0 Å². The molecule has 1 fully saturated rings. The number of ketones is 1. The lowest BCUT2D eigenvalue weighted by molar-refractivity contribution is -0.118. The van der Waals surface area contributed by atoms with Gasteiger partial charge in [-0.25, -0.2) is 0 Å². The highest BCUT2D eigenvalue weighted by Gasteiger charge is 2.41. The van der Waals surface area contributed by atoms with Gasteiger partial charge in [0.15, 0.2) is 0 Å². The molecule has 1 aromatic rings. The third-order valence-corrected chi connectivity index (χ3v) is 3.13. The number of carbonyl (C=O) groups is 1. The molecule has 0 amide bonds. The lowest BCUT2D eigenvalue weighted by Gasteiger charge is -2.00. The van der Waals surface area contributed by atoms with E-state index in [1.54, 1.807) is 6.92 Å². The van der Waals surface area contributed by atoms with E-state index in [0.29, 0.717) is 17.6 Å². The molecule has 1 aromatic carbocycles. The Morgan fingerprint density at radius 2 is 2.00 bits per heavy atom. The SMILES string of the molecule is CCc1ccc(C2CC2C(C)=O)cc1. The van der Waals surface area contributed by atoms with Gasteiger partial charge in [0.25, 0.3) is 0 Å². The van der Waals surface area contributed by atoms with Crippen molar-refractivity contribution in [3.8, 4) is 0 Å². The second-order valence-electron chi connectivity index (χ2n) is 4.15. The van der Waals surface area contributed by atoms with E-state index in [2.05, 4.69) is 31.2 Å². The number of aryl methyl sites for hydroxylation is 1. The van der Waals surface area contributed by atoms with Crippen LogP contribution in [0.5, 0.6) is 0 Å². The summed E-state index contributed by atoms with van der Waals surface area (Å²) in [6.07, 6.45) is 2.14. The van der Waals surface area contributed by atoms with Gasteiger partial charge < -0.3 is 0 Å². The van der Waals surface area contributed by atoms with Crippen molar-refractivity contribution < 1.29 is 4.79 Å². The van der Waals surface area contributed by atoms with E-state index in [9.17, 15) is 4.79 Å². The van der Waals surface area contributed by atoms with Crippen LogP contribution in [0.1, 0.15) is 37.3 Å². The van der Waals surface area contributed by atoms with Crippen LogP contribution in [0.2, 0.25) is 0 Å². The predicted molar refractivity (Wildman–Crippen MR) is 57.3 cm³/mol. The normalized spacial score (nSPS) is 24.7. The molecule has 1 nitrogen and oxygen atoms in total. The minimum Gasteiger partial charge on any atom is -0.300 e. The second-order valence-corrected chi connectivity index (χ2v) is 4.15. The molecule has 0 saturated heterocycles. The zero-order valence-electron chi connectivity index (χ0n) is 8.79. The lowest BCUT2D eigenvalue weighted by atomic mass is 10.0. The summed E-state index contributed by atoms with van der Waals surface area (Å²) in [5.41, 5.74) is 2.70. The molecule has 1 heteroatoms. The van der Waals surface area contributed by atoms with Gasteiger partial charge in [0.1, 0.15) is 5.78 Å². The van der Waals surface area contributed by atoms with Crippen molar-refractivity contribution in [2.45, 2.75) is 32.6 Å². The Labute approximate surface area is 85.1 Å². The third-order valence-electron chi connectivity index (χ3n) is 3.13. The third kappa shape index (κ3) is 1.72. The largest absolute Gasteiger partial charge is 0.300 e. The highest BCUT2D eigenvalue weighted by Crippen LogP contribution is 2.47. The van der Waals surface area contributed by atoms with Crippen LogP contribution >= 0.6 is 0 Å². The van der Waals surface area contributed by atoms with Crippen LogP contribution < -0.4 is 0 Å². The van der Waals surface area contributed by atoms with Crippen LogP contribution in [0.4, 0.5) is 0 Å². The van der Waals surface area contributed by atoms with Gasteiger partial charge in [-0.3, -0.25) is 4.79 Å². The fourth-order valence-corrected chi connectivity index (χ4v) is 2.01. The Bertz CT molecular complexity index is 337. The van der Waals surface area contributed by atoms with Gasteiger partial charge in [-0.05, 0) is 36.8 Å². The van der Waals surface area contributed by atoms with Crippen LogP contribution in [-0.4, -0.2) is 5.78 Å². The molecule has 1 aliphatic carbocycles. The van der Waals surface area contributed by atoms with Crippen LogP contribution in [0, 0.1) is 5.92 Å². The fraction of sp³-hybridized carbons (Fsp3) is 0.462. The van der Waals surface area contributed by atoms with Crippen molar-refractivity contribution in [1.29, 1.82) is 0 Å². The van der Waals surface area contributed by atoms with Gasteiger partial charge in [0.05, 0.1) is 0 Å². The fourth-order valence-electron chi connectivity index (χ4n) is 2.01. The molecule has 0 N–H and O–H groups in total. The molecule has 2 rings (SSSR count). The molecule has 0 bridgehead atoms. The molecule has 0 spiro atoms. The quantitative estimate of drug-likeness (QED) is 0.712. The molecule has 74 valence electrons. The number of hydrogen-bond acceptors (Lipinski definition) is 1. The molecule has 0 aromatic heterocycles. The van der Waals surface area contributed by atoms with E-state index < -0.39 is 0 Å². The Morgan fingerprint density at radius 1 is 1.36 bits per heavy atom. The number of benzene rings is 1. The van der Waals surface area contributed by atoms with Crippen LogP contribution in [0.25, 0.3) is 0 Å². The van der Waals surface area contributed by atoms with Crippen LogP contribution in [0.15, 0.2) is 24.3 Å². The van der Waals surface area contributed by atoms with Crippen molar-refractivity contribution in [2.24, 2.45) is 5.92 Å². The summed E-state index contributed by atoms with van der Waals surface area (Å²) < 4.78 is 0. The first-order valence-electron chi connectivity index (χ1n) is 5.31. The van der Waals surface area contributed by atoms with Crippen molar-refractivity contribution in [1.82, 2.24) is 0 Å². The molecule has 2 atom stereocenters. The van der Waals surface area contributed by atoms with Gasteiger partial charge in [-0.1, -0.05) is 31.2 Å². The first-order chi connectivity index (χ1) is 6.72. The molecule has 0 aliphatic heterocycles. The van der Waals surface area contributed by atoms with E-state index in [4.69, 9.17) is 0 Å². The topological polar surface area (TPSA) is 17.1 Å². The monoisotopic (exact) mass is 188 g/mol. The zero-order chi connectivity index (χ0) is 10.1. The number of Topliss-reactive ketones (excluding diaryl/α,β-unsaturated/α-hetero) is 1. The highest BCUT2D eigenvalue weighted by atomic mass is 16.1. The van der Waals surface area contributed by atoms with Gasteiger partial charge >= 0.3 is 0 Å². The maximum absolute atomic E-state index is 11.1. The average molecular weight is 188 g/mol. The number of carbonyl (C=O) groups excluding carboxylic acids is 1.